The standard InChI is InChI=1S/C15H21ClN2O2/c1-11-5-4-7-13(16)15(11)17-14(20)9-18-8-3-2-6-12(18)10-19/h4-5,7,12,19H,2-3,6,8-10H2,1H3,(H,17,20)/t12-/m1/s1. The number of nitrogens with one attached hydrogen (secondary N) is 1. The van der Waals surface area contributed by atoms with E-state index in [1.807, 2.05) is 24.0 Å². The SMILES string of the molecule is Cc1cccc(Cl)c1NC(=O)CN1CCCC[C@@H]1CO. The Morgan fingerprint density at radius 1 is 1.50 bits per heavy atom. The quantitative estimate of drug-likeness (QED) is 0.897. The van der Waals surface area contributed by atoms with Gasteiger partial charge in [-0.1, -0.05) is 30.2 Å². The van der Waals surface area contributed by atoms with Gasteiger partial charge in [0.25, 0.3) is 0 Å². The minimum absolute atomic E-state index is 0.0819. The number of nitrogens with zero attached hydrogens (tertiary/aromatic N) is 1. The van der Waals surface area contributed by atoms with E-state index in [-0.39, 0.29) is 18.6 Å². The Morgan fingerprint density at radius 3 is 3.00 bits per heavy atom. The Balaban J connectivity index is 1.98. The van der Waals surface area contributed by atoms with E-state index in [1.54, 1.807) is 6.07 Å². The van der Waals surface area contributed by atoms with E-state index in [0.717, 1.165) is 31.4 Å². The smallest absolute Gasteiger partial charge is 0.238 e. The number of amides is 1. The Labute approximate surface area is 124 Å². The minimum atomic E-state index is -0.0819. The summed E-state index contributed by atoms with van der Waals surface area (Å²) in [5.41, 5.74) is 1.62. The van der Waals surface area contributed by atoms with Crippen LogP contribution in [0.15, 0.2) is 18.2 Å². The summed E-state index contributed by atoms with van der Waals surface area (Å²) in [6, 6.07) is 5.64. The molecule has 1 aliphatic heterocycles. The topological polar surface area (TPSA) is 52.6 Å². The van der Waals surface area contributed by atoms with E-state index in [1.165, 1.54) is 0 Å². The third-order valence-electron chi connectivity index (χ3n) is 3.79. The number of piperidine rings is 1. The van der Waals surface area contributed by atoms with Gasteiger partial charge in [0.2, 0.25) is 5.91 Å². The first-order valence-electron chi connectivity index (χ1n) is 7.01. The van der Waals surface area contributed by atoms with Gasteiger partial charge in [-0.3, -0.25) is 9.69 Å². The van der Waals surface area contributed by atoms with E-state index in [0.29, 0.717) is 17.3 Å². The Morgan fingerprint density at radius 2 is 2.30 bits per heavy atom. The van der Waals surface area contributed by atoms with Crippen molar-refractivity contribution in [1.82, 2.24) is 4.90 Å². The molecule has 0 aliphatic carbocycles. The number of halogens is 1. The maximum Gasteiger partial charge on any atom is 0.238 e. The molecule has 2 rings (SSSR count). The second-order valence-electron chi connectivity index (χ2n) is 5.28. The Bertz CT molecular complexity index is 459. The molecule has 1 aromatic rings. The van der Waals surface area contributed by atoms with Crippen molar-refractivity contribution in [3.8, 4) is 0 Å². The molecule has 1 atom stereocenters. The first-order valence-corrected chi connectivity index (χ1v) is 7.39. The van der Waals surface area contributed by atoms with Gasteiger partial charge < -0.3 is 10.4 Å². The van der Waals surface area contributed by atoms with Crippen molar-refractivity contribution >= 4 is 23.2 Å². The molecule has 0 bridgehead atoms. The van der Waals surface area contributed by atoms with Gasteiger partial charge in [-0.25, -0.2) is 0 Å². The fourth-order valence-electron chi connectivity index (χ4n) is 2.63. The summed E-state index contributed by atoms with van der Waals surface area (Å²) in [5, 5.41) is 12.8. The number of aliphatic hydroxyl groups excluding tert-OH is 1. The number of carbonyl (C=O) groups excluding carboxylic acids is 1. The highest BCUT2D eigenvalue weighted by molar-refractivity contribution is 6.33. The lowest BCUT2D eigenvalue weighted by atomic mass is 10.0. The number of benzene rings is 1. The predicted octanol–water partition coefficient (Wildman–Crippen LogP) is 2.43. The summed E-state index contributed by atoms with van der Waals surface area (Å²) >= 11 is 6.10. The average Bonchev–Trinajstić information content (AvgIpc) is 2.44. The number of rotatable bonds is 4. The highest BCUT2D eigenvalue weighted by atomic mass is 35.5. The van der Waals surface area contributed by atoms with Gasteiger partial charge in [0, 0.05) is 6.04 Å². The van der Waals surface area contributed by atoms with Crippen LogP contribution in [0, 0.1) is 6.92 Å². The number of anilines is 1. The van der Waals surface area contributed by atoms with Gasteiger partial charge in [-0.15, -0.1) is 0 Å². The number of aryl methyl sites for hydroxylation is 1. The van der Waals surface area contributed by atoms with Crippen LogP contribution < -0.4 is 5.32 Å². The molecule has 1 amide bonds. The van der Waals surface area contributed by atoms with Crippen LogP contribution in [0.5, 0.6) is 0 Å². The number of carbonyl (C=O) groups is 1. The van der Waals surface area contributed by atoms with Crippen LogP contribution in [0.1, 0.15) is 24.8 Å². The van der Waals surface area contributed by atoms with Crippen LogP contribution in [0.2, 0.25) is 5.02 Å². The zero-order chi connectivity index (χ0) is 14.5. The monoisotopic (exact) mass is 296 g/mol. The van der Waals surface area contributed by atoms with E-state index >= 15 is 0 Å². The van der Waals surface area contributed by atoms with Crippen molar-refractivity contribution in [1.29, 1.82) is 0 Å². The van der Waals surface area contributed by atoms with Crippen LogP contribution in [-0.2, 0) is 4.79 Å². The minimum Gasteiger partial charge on any atom is -0.395 e. The Kier molecular flexibility index (Phi) is 5.40. The first-order chi connectivity index (χ1) is 9.61. The third kappa shape index (κ3) is 3.72. The molecule has 0 unspecified atom stereocenters. The summed E-state index contributed by atoms with van der Waals surface area (Å²) in [7, 11) is 0. The molecule has 4 nitrogen and oxygen atoms in total. The van der Waals surface area contributed by atoms with Crippen molar-refractivity contribution in [3.05, 3.63) is 28.8 Å². The second kappa shape index (κ2) is 7.07. The van der Waals surface area contributed by atoms with Crippen molar-refractivity contribution in [3.63, 3.8) is 0 Å². The summed E-state index contributed by atoms with van der Waals surface area (Å²) in [6.07, 6.45) is 3.15. The first kappa shape index (κ1) is 15.3. The van der Waals surface area contributed by atoms with Crippen molar-refractivity contribution in [2.75, 3.05) is 25.0 Å². The van der Waals surface area contributed by atoms with Crippen LogP contribution in [-0.4, -0.2) is 41.7 Å². The molecule has 0 spiro atoms. The van der Waals surface area contributed by atoms with Crippen LogP contribution >= 0.6 is 11.6 Å². The Hall–Kier alpha value is -1.10. The highest BCUT2D eigenvalue weighted by Crippen LogP contribution is 2.25. The summed E-state index contributed by atoms with van der Waals surface area (Å²) in [5.74, 6) is -0.0819. The van der Waals surface area contributed by atoms with Crippen LogP contribution in [0.25, 0.3) is 0 Å². The van der Waals surface area contributed by atoms with Gasteiger partial charge in [0.1, 0.15) is 0 Å². The van der Waals surface area contributed by atoms with Crippen molar-refractivity contribution in [2.45, 2.75) is 32.2 Å². The largest absolute Gasteiger partial charge is 0.395 e. The van der Waals surface area contributed by atoms with Gasteiger partial charge in [-0.05, 0) is 37.9 Å². The van der Waals surface area contributed by atoms with Crippen molar-refractivity contribution in [2.24, 2.45) is 0 Å². The molecule has 0 saturated carbocycles. The van der Waals surface area contributed by atoms with Gasteiger partial charge in [-0.2, -0.15) is 0 Å². The molecule has 1 heterocycles. The molecular weight excluding hydrogens is 276 g/mol. The normalized spacial score (nSPS) is 19.9. The van der Waals surface area contributed by atoms with Gasteiger partial charge in [0.15, 0.2) is 0 Å². The summed E-state index contributed by atoms with van der Waals surface area (Å²) in [4.78, 5) is 14.2. The second-order valence-corrected chi connectivity index (χ2v) is 5.69. The zero-order valence-corrected chi connectivity index (χ0v) is 12.5. The lowest BCUT2D eigenvalue weighted by Gasteiger charge is -2.33. The average molecular weight is 297 g/mol. The van der Waals surface area contributed by atoms with E-state index in [2.05, 4.69) is 5.32 Å². The molecular formula is C15H21ClN2O2. The number of hydrogen-bond acceptors (Lipinski definition) is 3. The maximum absolute atomic E-state index is 12.2. The van der Waals surface area contributed by atoms with Crippen LogP contribution in [0.3, 0.4) is 0 Å². The molecule has 1 saturated heterocycles. The van der Waals surface area contributed by atoms with Crippen LogP contribution in [0.4, 0.5) is 5.69 Å². The number of para-hydroxylation sites is 1. The lowest BCUT2D eigenvalue weighted by Crippen LogP contribution is -2.45. The van der Waals surface area contributed by atoms with Gasteiger partial charge in [0.05, 0.1) is 23.9 Å². The molecule has 0 aromatic heterocycles. The summed E-state index contributed by atoms with van der Waals surface area (Å²) < 4.78 is 0. The maximum atomic E-state index is 12.2. The number of likely N-dealkylation sites (tertiary alicyclic amines) is 1. The molecule has 110 valence electrons. The third-order valence-corrected chi connectivity index (χ3v) is 4.11. The number of aliphatic hydroxyl groups is 1. The molecule has 0 radical (unpaired) electrons. The number of hydrogen-bond donors (Lipinski definition) is 2. The molecule has 1 aromatic carbocycles. The highest BCUT2D eigenvalue weighted by Gasteiger charge is 2.23. The lowest BCUT2D eigenvalue weighted by molar-refractivity contribution is -0.118. The van der Waals surface area contributed by atoms with E-state index < -0.39 is 0 Å². The summed E-state index contributed by atoms with van der Waals surface area (Å²) in [6.45, 7) is 3.19. The van der Waals surface area contributed by atoms with E-state index in [4.69, 9.17) is 11.6 Å². The fraction of sp³-hybridized carbons (Fsp3) is 0.533. The van der Waals surface area contributed by atoms with Gasteiger partial charge >= 0.3 is 0 Å². The zero-order valence-electron chi connectivity index (χ0n) is 11.7. The molecule has 20 heavy (non-hydrogen) atoms. The van der Waals surface area contributed by atoms with Crippen molar-refractivity contribution < 1.29 is 9.90 Å². The fourth-order valence-corrected chi connectivity index (χ4v) is 2.90. The molecule has 5 heteroatoms. The molecule has 1 aliphatic rings. The predicted molar refractivity (Wildman–Crippen MR) is 81.1 cm³/mol. The molecule has 2 N–H and O–H groups in total. The molecule has 1 fully saturated rings. The van der Waals surface area contributed by atoms with E-state index in [9.17, 15) is 9.90 Å².